The molecule has 3 N–H and O–H groups in total. The zero-order chi connectivity index (χ0) is 10.8. The first kappa shape index (κ1) is 11.5. The van der Waals surface area contributed by atoms with Crippen molar-refractivity contribution < 1.29 is 9.90 Å². The van der Waals surface area contributed by atoms with Gasteiger partial charge in [0, 0.05) is 12.6 Å². The SMILES string of the molecule is CC(C)N1CCC(CN)(C(=O)O)CC1. The van der Waals surface area contributed by atoms with Gasteiger partial charge in [0.2, 0.25) is 0 Å². The van der Waals surface area contributed by atoms with E-state index < -0.39 is 11.4 Å². The number of aliphatic carboxylic acids is 1. The molecule has 1 saturated heterocycles. The highest BCUT2D eigenvalue weighted by atomic mass is 16.4. The zero-order valence-electron chi connectivity index (χ0n) is 8.99. The quantitative estimate of drug-likeness (QED) is 0.697. The van der Waals surface area contributed by atoms with E-state index in [1.807, 2.05) is 0 Å². The van der Waals surface area contributed by atoms with Crippen molar-refractivity contribution in [3.8, 4) is 0 Å². The number of carbonyl (C=O) groups is 1. The zero-order valence-corrected chi connectivity index (χ0v) is 8.99. The highest BCUT2D eigenvalue weighted by Crippen LogP contribution is 2.31. The van der Waals surface area contributed by atoms with Crippen molar-refractivity contribution in [1.82, 2.24) is 4.90 Å². The van der Waals surface area contributed by atoms with Crippen molar-refractivity contribution in [3.05, 3.63) is 0 Å². The van der Waals surface area contributed by atoms with Gasteiger partial charge in [-0.2, -0.15) is 0 Å². The van der Waals surface area contributed by atoms with Gasteiger partial charge in [-0.05, 0) is 39.8 Å². The fraction of sp³-hybridized carbons (Fsp3) is 0.900. The molecule has 1 fully saturated rings. The minimum atomic E-state index is -0.733. The second-order valence-electron chi connectivity index (χ2n) is 4.42. The van der Waals surface area contributed by atoms with Crippen molar-refractivity contribution in [3.63, 3.8) is 0 Å². The summed E-state index contributed by atoms with van der Waals surface area (Å²) in [5.41, 5.74) is 4.90. The van der Waals surface area contributed by atoms with E-state index in [2.05, 4.69) is 18.7 Å². The monoisotopic (exact) mass is 200 g/mol. The summed E-state index contributed by atoms with van der Waals surface area (Å²) in [6.45, 7) is 6.23. The molecule has 14 heavy (non-hydrogen) atoms. The minimum Gasteiger partial charge on any atom is -0.481 e. The molecule has 1 heterocycles. The van der Waals surface area contributed by atoms with E-state index in [9.17, 15) is 4.79 Å². The maximum Gasteiger partial charge on any atom is 0.311 e. The van der Waals surface area contributed by atoms with Crippen molar-refractivity contribution in [2.45, 2.75) is 32.7 Å². The number of likely N-dealkylation sites (tertiary alicyclic amines) is 1. The Balaban J connectivity index is 2.59. The van der Waals surface area contributed by atoms with Gasteiger partial charge in [0.25, 0.3) is 0 Å². The van der Waals surface area contributed by atoms with Crippen molar-refractivity contribution in [2.75, 3.05) is 19.6 Å². The van der Waals surface area contributed by atoms with Gasteiger partial charge in [-0.3, -0.25) is 4.79 Å². The standard InChI is InChI=1S/C10H20N2O2/c1-8(2)12-5-3-10(7-11,4-6-12)9(13)14/h8H,3-7,11H2,1-2H3,(H,13,14). The normalized spacial score (nSPS) is 22.6. The van der Waals surface area contributed by atoms with E-state index in [1.165, 1.54) is 0 Å². The molecule has 0 unspecified atom stereocenters. The molecule has 0 spiro atoms. The first-order chi connectivity index (χ1) is 6.52. The van der Waals surface area contributed by atoms with Gasteiger partial charge in [-0.15, -0.1) is 0 Å². The van der Waals surface area contributed by atoms with Crippen LogP contribution in [0.15, 0.2) is 0 Å². The molecule has 0 amide bonds. The maximum atomic E-state index is 11.1. The molecule has 4 nitrogen and oxygen atoms in total. The van der Waals surface area contributed by atoms with Crippen LogP contribution >= 0.6 is 0 Å². The molecule has 0 saturated carbocycles. The molecule has 82 valence electrons. The highest BCUT2D eigenvalue weighted by molar-refractivity contribution is 5.75. The highest BCUT2D eigenvalue weighted by Gasteiger charge is 2.40. The summed E-state index contributed by atoms with van der Waals surface area (Å²) in [5, 5.41) is 9.12. The van der Waals surface area contributed by atoms with E-state index in [0.717, 1.165) is 13.1 Å². The average Bonchev–Trinajstić information content (AvgIpc) is 2.17. The lowest BCUT2D eigenvalue weighted by Crippen LogP contribution is -2.49. The number of carboxylic acid groups (broad SMARTS) is 1. The van der Waals surface area contributed by atoms with E-state index in [0.29, 0.717) is 18.9 Å². The van der Waals surface area contributed by atoms with Crippen LogP contribution in [0.5, 0.6) is 0 Å². The summed E-state index contributed by atoms with van der Waals surface area (Å²) in [5.74, 6) is -0.733. The van der Waals surface area contributed by atoms with Crippen LogP contribution in [0, 0.1) is 5.41 Å². The fourth-order valence-corrected chi connectivity index (χ4v) is 1.97. The smallest absolute Gasteiger partial charge is 0.311 e. The predicted molar refractivity (Wildman–Crippen MR) is 55.1 cm³/mol. The molecule has 0 bridgehead atoms. The predicted octanol–water partition coefficient (Wildman–Crippen LogP) is 0.520. The third-order valence-electron chi connectivity index (χ3n) is 3.33. The van der Waals surface area contributed by atoms with E-state index in [1.54, 1.807) is 0 Å². The van der Waals surface area contributed by atoms with Crippen LogP contribution in [0.3, 0.4) is 0 Å². The summed E-state index contributed by atoms with van der Waals surface area (Å²) in [6, 6.07) is 0.500. The molecule has 0 aromatic carbocycles. The molecule has 1 aliphatic rings. The van der Waals surface area contributed by atoms with Crippen molar-refractivity contribution in [1.29, 1.82) is 0 Å². The largest absolute Gasteiger partial charge is 0.481 e. The summed E-state index contributed by atoms with van der Waals surface area (Å²) in [6.07, 6.45) is 1.36. The van der Waals surface area contributed by atoms with Crippen molar-refractivity contribution in [2.24, 2.45) is 11.1 Å². The van der Waals surface area contributed by atoms with Crippen molar-refractivity contribution >= 4 is 5.97 Å². The van der Waals surface area contributed by atoms with Gasteiger partial charge in [-0.1, -0.05) is 0 Å². The second-order valence-corrected chi connectivity index (χ2v) is 4.42. The number of rotatable bonds is 3. The van der Waals surface area contributed by atoms with Gasteiger partial charge in [0.05, 0.1) is 5.41 Å². The topological polar surface area (TPSA) is 66.6 Å². The lowest BCUT2D eigenvalue weighted by atomic mass is 9.78. The van der Waals surface area contributed by atoms with Crippen LogP contribution in [-0.2, 0) is 4.79 Å². The summed E-state index contributed by atoms with van der Waals surface area (Å²) < 4.78 is 0. The van der Waals surface area contributed by atoms with E-state index in [4.69, 9.17) is 10.8 Å². The van der Waals surface area contributed by atoms with Crippen LogP contribution < -0.4 is 5.73 Å². The molecule has 0 aromatic rings. The molecule has 0 atom stereocenters. The van der Waals surface area contributed by atoms with Crippen LogP contribution in [0.4, 0.5) is 0 Å². The molecular weight excluding hydrogens is 180 g/mol. The molecule has 1 aliphatic heterocycles. The minimum absolute atomic E-state index is 0.258. The number of hydrogen-bond acceptors (Lipinski definition) is 3. The lowest BCUT2D eigenvalue weighted by molar-refractivity contribution is -0.151. The molecule has 4 heteroatoms. The Labute approximate surface area is 85.1 Å². The van der Waals surface area contributed by atoms with Crippen LogP contribution in [-0.4, -0.2) is 41.7 Å². The Morgan fingerprint density at radius 2 is 2.00 bits per heavy atom. The van der Waals surface area contributed by atoms with Gasteiger partial charge in [0.15, 0.2) is 0 Å². The molecule has 0 aromatic heterocycles. The maximum absolute atomic E-state index is 11.1. The number of hydrogen-bond donors (Lipinski definition) is 2. The number of nitrogens with zero attached hydrogens (tertiary/aromatic N) is 1. The molecule has 0 aliphatic carbocycles. The fourth-order valence-electron chi connectivity index (χ4n) is 1.97. The third kappa shape index (κ3) is 2.07. The van der Waals surface area contributed by atoms with E-state index in [-0.39, 0.29) is 6.54 Å². The Morgan fingerprint density at radius 1 is 1.50 bits per heavy atom. The van der Waals surface area contributed by atoms with Crippen LogP contribution in [0.1, 0.15) is 26.7 Å². The molecule has 1 rings (SSSR count). The Bertz CT molecular complexity index is 208. The van der Waals surface area contributed by atoms with Gasteiger partial charge < -0.3 is 15.7 Å². The average molecular weight is 200 g/mol. The summed E-state index contributed by atoms with van der Waals surface area (Å²) >= 11 is 0. The lowest BCUT2D eigenvalue weighted by Gasteiger charge is -2.39. The number of piperidine rings is 1. The summed E-state index contributed by atoms with van der Waals surface area (Å²) in [7, 11) is 0. The Morgan fingerprint density at radius 3 is 2.29 bits per heavy atom. The van der Waals surface area contributed by atoms with Gasteiger partial charge >= 0.3 is 5.97 Å². The summed E-state index contributed by atoms with van der Waals surface area (Å²) in [4.78, 5) is 13.4. The van der Waals surface area contributed by atoms with Gasteiger partial charge in [0.1, 0.15) is 0 Å². The second kappa shape index (κ2) is 4.28. The number of nitrogens with two attached hydrogens (primary N) is 1. The Hall–Kier alpha value is -0.610. The molecular formula is C10H20N2O2. The first-order valence-electron chi connectivity index (χ1n) is 5.19. The van der Waals surface area contributed by atoms with Gasteiger partial charge in [-0.25, -0.2) is 0 Å². The first-order valence-corrected chi connectivity index (χ1v) is 5.19. The van der Waals surface area contributed by atoms with Crippen LogP contribution in [0.25, 0.3) is 0 Å². The van der Waals surface area contributed by atoms with E-state index >= 15 is 0 Å². The Kier molecular flexibility index (Phi) is 3.50. The van der Waals surface area contributed by atoms with Crippen LogP contribution in [0.2, 0.25) is 0 Å². The third-order valence-corrected chi connectivity index (χ3v) is 3.33. The molecule has 0 radical (unpaired) electrons. The number of carboxylic acids is 1.